The highest BCUT2D eigenvalue weighted by atomic mass is 32.2. The Labute approximate surface area is 123 Å². The van der Waals surface area contributed by atoms with Crippen LogP contribution in [0.15, 0.2) is 23.4 Å². The van der Waals surface area contributed by atoms with E-state index in [4.69, 9.17) is 4.74 Å². The van der Waals surface area contributed by atoms with E-state index in [1.807, 2.05) is 27.0 Å². The molecule has 0 saturated carbocycles. The highest BCUT2D eigenvalue weighted by molar-refractivity contribution is 7.98. The van der Waals surface area contributed by atoms with Gasteiger partial charge >= 0.3 is 5.97 Å². The SMILES string of the molecule is CSc1ncccc1C(=O)OCC(=O)NC(C)C(C)C. The third-order valence-corrected chi connectivity index (χ3v) is 3.62. The Morgan fingerprint density at radius 3 is 2.70 bits per heavy atom. The summed E-state index contributed by atoms with van der Waals surface area (Å²) in [5, 5.41) is 3.37. The van der Waals surface area contributed by atoms with Crippen LogP contribution in [0.1, 0.15) is 31.1 Å². The van der Waals surface area contributed by atoms with Crippen molar-refractivity contribution >= 4 is 23.6 Å². The van der Waals surface area contributed by atoms with Gasteiger partial charge in [-0.2, -0.15) is 0 Å². The lowest BCUT2D eigenvalue weighted by Crippen LogP contribution is -2.38. The molecule has 1 aromatic rings. The van der Waals surface area contributed by atoms with E-state index >= 15 is 0 Å². The van der Waals surface area contributed by atoms with E-state index in [9.17, 15) is 9.59 Å². The minimum atomic E-state index is -0.533. The molecule has 1 amide bonds. The average molecular weight is 296 g/mol. The summed E-state index contributed by atoms with van der Waals surface area (Å²) in [6.45, 7) is 5.66. The average Bonchev–Trinajstić information content (AvgIpc) is 2.44. The van der Waals surface area contributed by atoms with Gasteiger partial charge in [0.2, 0.25) is 0 Å². The number of nitrogens with zero attached hydrogens (tertiary/aromatic N) is 1. The van der Waals surface area contributed by atoms with Crippen LogP contribution < -0.4 is 5.32 Å². The lowest BCUT2D eigenvalue weighted by molar-refractivity contribution is -0.125. The van der Waals surface area contributed by atoms with Crippen LogP contribution in [-0.4, -0.2) is 35.8 Å². The molecule has 6 heteroatoms. The number of nitrogens with one attached hydrogen (secondary N) is 1. The molecule has 1 heterocycles. The molecule has 0 radical (unpaired) electrons. The molecule has 110 valence electrons. The second-order valence-electron chi connectivity index (χ2n) is 4.74. The summed E-state index contributed by atoms with van der Waals surface area (Å²) in [5.41, 5.74) is 0.379. The predicted octanol–water partition coefficient (Wildman–Crippen LogP) is 2.12. The summed E-state index contributed by atoms with van der Waals surface area (Å²) in [7, 11) is 0. The van der Waals surface area contributed by atoms with Crippen molar-refractivity contribution in [1.29, 1.82) is 0 Å². The number of ether oxygens (including phenoxy) is 1. The van der Waals surface area contributed by atoms with E-state index in [0.29, 0.717) is 16.5 Å². The second-order valence-corrected chi connectivity index (χ2v) is 5.53. The van der Waals surface area contributed by atoms with Gasteiger partial charge in [0.25, 0.3) is 5.91 Å². The number of hydrogen-bond donors (Lipinski definition) is 1. The van der Waals surface area contributed by atoms with Crippen molar-refractivity contribution in [3.8, 4) is 0 Å². The second kappa shape index (κ2) is 7.89. The third kappa shape index (κ3) is 4.85. The number of esters is 1. The van der Waals surface area contributed by atoms with E-state index in [1.165, 1.54) is 11.8 Å². The van der Waals surface area contributed by atoms with Crippen molar-refractivity contribution in [1.82, 2.24) is 10.3 Å². The monoisotopic (exact) mass is 296 g/mol. The minimum absolute atomic E-state index is 0.0429. The van der Waals surface area contributed by atoms with Gasteiger partial charge in [-0.05, 0) is 31.2 Å². The molecule has 0 fully saturated rings. The number of thioether (sulfide) groups is 1. The third-order valence-electron chi connectivity index (χ3n) is 2.91. The lowest BCUT2D eigenvalue weighted by atomic mass is 10.1. The van der Waals surface area contributed by atoms with Crippen LogP contribution >= 0.6 is 11.8 Å². The molecule has 1 atom stereocenters. The van der Waals surface area contributed by atoms with E-state index in [2.05, 4.69) is 10.3 Å². The molecule has 0 saturated heterocycles. The number of hydrogen-bond acceptors (Lipinski definition) is 5. The molecule has 0 bridgehead atoms. The van der Waals surface area contributed by atoms with E-state index < -0.39 is 5.97 Å². The summed E-state index contributed by atoms with van der Waals surface area (Å²) < 4.78 is 5.01. The molecule has 20 heavy (non-hydrogen) atoms. The molecular formula is C14H20N2O3S. The van der Waals surface area contributed by atoms with Gasteiger partial charge in [-0.1, -0.05) is 13.8 Å². The standard InChI is InChI=1S/C14H20N2O3S/c1-9(2)10(3)16-12(17)8-19-14(18)11-6-5-7-15-13(11)20-4/h5-7,9-10H,8H2,1-4H3,(H,16,17). The lowest BCUT2D eigenvalue weighted by Gasteiger charge is -2.17. The van der Waals surface area contributed by atoms with Gasteiger partial charge in [0.1, 0.15) is 5.03 Å². The van der Waals surface area contributed by atoms with Crippen molar-refractivity contribution in [2.45, 2.75) is 31.8 Å². The van der Waals surface area contributed by atoms with E-state index in [0.717, 1.165) is 0 Å². The first-order valence-electron chi connectivity index (χ1n) is 6.41. The highest BCUT2D eigenvalue weighted by Gasteiger charge is 2.16. The van der Waals surface area contributed by atoms with Crippen LogP contribution in [0.25, 0.3) is 0 Å². The van der Waals surface area contributed by atoms with Crippen molar-refractivity contribution < 1.29 is 14.3 Å². The van der Waals surface area contributed by atoms with Gasteiger partial charge in [0.05, 0.1) is 5.56 Å². The number of rotatable bonds is 6. The molecule has 0 aromatic carbocycles. The fourth-order valence-electron chi connectivity index (χ4n) is 1.38. The summed E-state index contributed by atoms with van der Waals surface area (Å²) in [5.74, 6) is -0.500. The summed E-state index contributed by atoms with van der Waals surface area (Å²) >= 11 is 1.36. The largest absolute Gasteiger partial charge is 0.452 e. The van der Waals surface area contributed by atoms with Gasteiger partial charge in [-0.3, -0.25) is 4.79 Å². The molecule has 1 rings (SSSR count). The number of aromatic nitrogens is 1. The fraction of sp³-hybridized carbons (Fsp3) is 0.500. The van der Waals surface area contributed by atoms with Crippen LogP contribution in [0.5, 0.6) is 0 Å². The van der Waals surface area contributed by atoms with Crippen LogP contribution in [0.4, 0.5) is 0 Å². The van der Waals surface area contributed by atoms with Gasteiger partial charge in [-0.25, -0.2) is 9.78 Å². The smallest absolute Gasteiger partial charge is 0.341 e. The van der Waals surface area contributed by atoms with Gasteiger partial charge in [-0.15, -0.1) is 11.8 Å². The van der Waals surface area contributed by atoms with Crippen molar-refractivity contribution in [3.63, 3.8) is 0 Å². The molecule has 0 aliphatic rings. The molecule has 1 N–H and O–H groups in total. The van der Waals surface area contributed by atoms with Crippen LogP contribution in [-0.2, 0) is 9.53 Å². The quantitative estimate of drug-likeness (QED) is 0.643. The van der Waals surface area contributed by atoms with Crippen molar-refractivity contribution in [3.05, 3.63) is 23.9 Å². The number of carbonyl (C=O) groups is 2. The maximum absolute atomic E-state index is 11.9. The molecule has 0 aliphatic carbocycles. The Kier molecular flexibility index (Phi) is 6.51. The zero-order valence-electron chi connectivity index (χ0n) is 12.2. The predicted molar refractivity (Wildman–Crippen MR) is 78.7 cm³/mol. The molecule has 1 unspecified atom stereocenters. The first-order valence-corrected chi connectivity index (χ1v) is 7.63. The maximum Gasteiger partial charge on any atom is 0.341 e. The van der Waals surface area contributed by atoms with E-state index in [1.54, 1.807) is 18.3 Å². The molecule has 0 spiro atoms. The number of carbonyl (C=O) groups excluding carboxylic acids is 2. The molecule has 5 nitrogen and oxygen atoms in total. The first kappa shape index (κ1) is 16.5. The van der Waals surface area contributed by atoms with Gasteiger partial charge in [0, 0.05) is 12.2 Å². The Hall–Kier alpha value is -1.56. The first-order chi connectivity index (χ1) is 9.45. The van der Waals surface area contributed by atoms with E-state index in [-0.39, 0.29) is 18.6 Å². The maximum atomic E-state index is 11.9. The highest BCUT2D eigenvalue weighted by Crippen LogP contribution is 2.17. The Morgan fingerprint density at radius 2 is 2.10 bits per heavy atom. The van der Waals surface area contributed by atoms with Gasteiger partial charge < -0.3 is 10.1 Å². The van der Waals surface area contributed by atoms with Crippen molar-refractivity contribution in [2.75, 3.05) is 12.9 Å². The molecule has 0 aliphatic heterocycles. The van der Waals surface area contributed by atoms with Crippen LogP contribution in [0, 0.1) is 5.92 Å². The molecular weight excluding hydrogens is 276 g/mol. The molecule has 1 aromatic heterocycles. The fourth-order valence-corrected chi connectivity index (χ4v) is 1.92. The Balaban J connectivity index is 2.53. The van der Waals surface area contributed by atoms with Crippen LogP contribution in [0.3, 0.4) is 0 Å². The topological polar surface area (TPSA) is 68.3 Å². The zero-order chi connectivity index (χ0) is 15.1. The Bertz CT molecular complexity index is 477. The van der Waals surface area contributed by atoms with Crippen LogP contribution in [0.2, 0.25) is 0 Å². The van der Waals surface area contributed by atoms with Gasteiger partial charge in [0.15, 0.2) is 6.61 Å². The zero-order valence-corrected chi connectivity index (χ0v) is 13.0. The number of pyridine rings is 1. The summed E-state index contributed by atoms with van der Waals surface area (Å²) in [4.78, 5) is 27.6. The number of amides is 1. The van der Waals surface area contributed by atoms with Crippen molar-refractivity contribution in [2.24, 2.45) is 5.92 Å². The summed E-state index contributed by atoms with van der Waals surface area (Å²) in [6.07, 6.45) is 3.44. The summed E-state index contributed by atoms with van der Waals surface area (Å²) in [6, 6.07) is 3.34. The Morgan fingerprint density at radius 1 is 1.40 bits per heavy atom. The minimum Gasteiger partial charge on any atom is -0.452 e. The normalized spacial score (nSPS) is 12.1.